The molecule has 1 aromatic carbocycles. The van der Waals surface area contributed by atoms with Crippen LogP contribution in [-0.2, 0) is 6.54 Å². The molecule has 0 spiro atoms. The standard InChI is InChI=1S/C15H18BrFN4/c1-3-8-18-15-19-9-12(16)14(20-15)21(2)10-11-6-4-5-7-13(11)17/h4-7,9H,3,8,10H2,1-2H3,(H,18,19,20). The van der Waals surface area contributed by atoms with Gasteiger partial charge in [-0.25, -0.2) is 9.37 Å². The molecule has 0 aliphatic heterocycles. The Morgan fingerprint density at radius 1 is 1.33 bits per heavy atom. The van der Waals surface area contributed by atoms with Gasteiger partial charge in [0, 0.05) is 31.9 Å². The SMILES string of the molecule is CCCNc1ncc(Br)c(N(C)Cc2ccccc2F)n1. The van der Waals surface area contributed by atoms with Crippen molar-refractivity contribution in [3.63, 3.8) is 0 Å². The fourth-order valence-electron chi connectivity index (χ4n) is 1.90. The van der Waals surface area contributed by atoms with Gasteiger partial charge in [-0.15, -0.1) is 0 Å². The molecule has 0 saturated carbocycles. The maximum absolute atomic E-state index is 13.7. The molecule has 1 N–H and O–H groups in total. The molecule has 1 aromatic heterocycles. The average Bonchev–Trinajstić information content (AvgIpc) is 2.48. The number of aromatic nitrogens is 2. The van der Waals surface area contributed by atoms with Crippen molar-refractivity contribution < 1.29 is 4.39 Å². The van der Waals surface area contributed by atoms with E-state index in [1.807, 2.05) is 18.0 Å². The summed E-state index contributed by atoms with van der Waals surface area (Å²) in [5, 5.41) is 3.15. The first-order valence-electron chi connectivity index (χ1n) is 6.82. The van der Waals surface area contributed by atoms with Crippen molar-refractivity contribution >= 4 is 27.7 Å². The maximum Gasteiger partial charge on any atom is 0.224 e. The molecule has 6 heteroatoms. The first-order chi connectivity index (χ1) is 10.1. The summed E-state index contributed by atoms with van der Waals surface area (Å²) in [6.45, 7) is 3.34. The van der Waals surface area contributed by atoms with Gasteiger partial charge in [0.05, 0.1) is 4.47 Å². The predicted octanol–water partition coefficient (Wildman–Crippen LogP) is 3.84. The molecule has 4 nitrogen and oxygen atoms in total. The van der Waals surface area contributed by atoms with E-state index in [-0.39, 0.29) is 5.82 Å². The second-order valence-electron chi connectivity index (χ2n) is 4.74. The Hall–Kier alpha value is -1.69. The van der Waals surface area contributed by atoms with Gasteiger partial charge in [0.15, 0.2) is 0 Å². The van der Waals surface area contributed by atoms with Crippen molar-refractivity contribution in [1.82, 2.24) is 9.97 Å². The molecule has 112 valence electrons. The summed E-state index contributed by atoms with van der Waals surface area (Å²) in [5.41, 5.74) is 0.633. The first-order valence-corrected chi connectivity index (χ1v) is 7.62. The van der Waals surface area contributed by atoms with Crippen LogP contribution in [0.1, 0.15) is 18.9 Å². The molecule has 0 bridgehead atoms. The van der Waals surface area contributed by atoms with Crippen molar-refractivity contribution in [2.75, 3.05) is 23.8 Å². The second-order valence-corrected chi connectivity index (χ2v) is 5.59. The Kier molecular flexibility index (Phi) is 5.50. The highest BCUT2D eigenvalue weighted by Gasteiger charge is 2.12. The van der Waals surface area contributed by atoms with Crippen molar-refractivity contribution in [1.29, 1.82) is 0 Å². The Morgan fingerprint density at radius 3 is 2.81 bits per heavy atom. The van der Waals surface area contributed by atoms with E-state index in [1.54, 1.807) is 18.3 Å². The van der Waals surface area contributed by atoms with Gasteiger partial charge in [-0.05, 0) is 28.4 Å². The van der Waals surface area contributed by atoms with Gasteiger partial charge >= 0.3 is 0 Å². The Labute approximate surface area is 132 Å². The van der Waals surface area contributed by atoms with Gasteiger partial charge in [-0.1, -0.05) is 25.1 Å². The molecule has 0 fully saturated rings. The number of hydrogen-bond donors (Lipinski definition) is 1. The fraction of sp³-hybridized carbons (Fsp3) is 0.333. The highest BCUT2D eigenvalue weighted by atomic mass is 79.9. The second kappa shape index (κ2) is 7.36. The zero-order valence-electron chi connectivity index (χ0n) is 12.1. The molecular weight excluding hydrogens is 335 g/mol. The van der Waals surface area contributed by atoms with E-state index in [1.165, 1.54) is 6.07 Å². The summed E-state index contributed by atoms with van der Waals surface area (Å²) in [7, 11) is 1.88. The van der Waals surface area contributed by atoms with Crippen LogP contribution in [0.2, 0.25) is 0 Å². The van der Waals surface area contributed by atoms with Gasteiger partial charge in [0.1, 0.15) is 11.6 Å². The molecule has 2 rings (SSSR count). The molecule has 0 saturated heterocycles. The third-order valence-corrected chi connectivity index (χ3v) is 3.55. The van der Waals surface area contributed by atoms with Crippen LogP contribution < -0.4 is 10.2 Å². The molecule has 0 aliphatic rings. The molecule has 0 aliphatic carbocycles. The monoisotopic (exact) mass is 352 g/mol. The van der Waals surface area contributed by atoms with E-state index in [9.17, 15) is 4.39 Å². The minimum absolute atomic E-state index is 0.209. The lowest BCUT2D eigenvalue weighted by molar-refractivity contribution is 0.607. The molecular formula is C15H18BrFN4. The average molecular weight is 353 g/mol. The third-order valence-electron chi connectivity index (χ3n) is 2.99. The van der Waals surface area contributed by atoms with Gasteiger partial charge in [0.2, 0.25) is 5.95 Å². The highest BCUT2D eigenvalue weighted by molar-refractivity contribution is 9.10. The molecule has 21 heavy (non-hydrogen) atoms. The smallest absolute Gasteiger partial charge is 0.224 e. The van der Waals surface area contributed by atoms with Crippen LogP contribution >= 0.6 is 15.9 Å². The molecule has 2 aromatic rings. The summed E-state index contributed by atoms with van der Waals surface area (Å²) in [6, 6.07) is 6.76. The normalized spacial score (nSPS) is 10.5. The number of benzene rings is 1. The molecule has 0 atom stereocenters. The Bertz CT molecular complexity index is 606. The van der Waals surface area contributed by atoms with Crippen molar-refractivity contribution in [3.8, 4) is 0 Å². The molecule has 0 amide bonds. The van der Waals surface area contributed by atoms with Gasteiger partial charge < -0.3 is 10.2 Å². The Balaban J connectivity index is 2.18. The summed E-state index contributed by atoms with van der Waals surface area (Å²) in [5.74, 6) is 1.10. The summed E-state index contributed by atoms with van der Waals surface area (Å²) >= 11 is 3.44. The lowest BCUT2D eigenvalue weighted by atomic mass is 10.2. The number of hydrogen-bond acceptors (Lipinski definition) is 4. The molecule has 0 radical (unpaired) electrons. The number of nitrogens with zero attached hydrogens (tertiary/aromatic N) is 3. The van der Waals surface area contributed by atoms with E-state index in [0.717, 1.165) is 23.3 Å². The first kappa shape index (κ1) is 15.7. The predicted molar refractivity (Wildman–Crippen MR) is 87.0 cm³/mol. The number of nitrogens with one attached hydrogen (secondary N) is 1. The third kappa shape index (κ3) is 4.14. The lowest BCUT2D eigenvalue weighted by Crippen LogP contribution is -2.20. The van der Waals surface area contributed by atoms with Crippen LogP contribution in [-0.4, -0.2) is 23.6 Å². The zero-order chi connectivity index (χ0) is 15.2. The van der Waals surface area contributed by atoms with Crippen LogP contribution in [0, 0.1) is 5.82 Å². The van der Waals surface area contributed by atoms with Crippen LogP contribution in [0.15, 0.2) is 34.9 Å². The van der Waals surface area contributed by atoms with Crippen molar-refractivity contribution in [2.24, 2.45) is 0 Å². The highest BCUT2D eigenvalue weighted by Crippen LogP contribution is 2.25. The minimum atomic E-state index is -0.209. The zero-order valence-corrected chi connectivity index (χ0v) is 13.7. The number of rotatable bonds is 6. The lowest BCUT2D eigenvalue weighted by Gasteiger charge is -2.20. The van der Waals surface area contributed by atoms with Crippen LogP contribution in [0.4, 0.5) is 16.2 Å². The number of anilines is 2. The molecule has 1 heterocycles. The fourth-order valence-corrected chi connectivity index (χ4v) is 2.40. The number of halogens is 2. The van der Waals surface area contributed by atoms with Crippen LogP contribution in [0.25, 0.3) is 0 Å². The van der Waals surface area contributed by atoms with Gasteiger partial charge in [-0.2, -0.15) is 4.98 Å². The Morgan fingerprint density at radius 2 is 2.10 bits per heavy atom. The van der Waals surface area contributed by atoms with Crippen LogP contribution in [0.5, 0.6) is 0 Å². The summed E-state index contributed by atoms with van der Waals surface area (Å²) in [4.78, 5) is 10.6. The van der Waals surface area contributed by atoms with E-state index in [2.05, 4.69) is 38.1 Å². The van der Waals surface area contributed by atoms with Crippen molar-refractivity contribution in [3.05, 3.63) is 46.3 Å². The largest absolute Gasteiger partial charge is 0.354 e. The van der Waals surface area contributed by atoms with Crippen molar-refractivity contribution in [2.45, 2.75) is 19.9 Å². The van der Waals surface area contributed by atoms with E-state index < -0.39 is 0 Å². The summed E-state index contributed by atoms with van der Waals surface area (Å²) in [6.07, 6.45) is 2.71. The topological polar surface area (TPSA) is 41.1 Å². The van der Waals surface area contributed by atoms with E-state index >= 15 is 0 Å². The quantitative estimate of drug-likeness (QED) is 0.857. The van der Waals surface area contributed by atoms with E-state index in [4.69, 9.17) is 0 Å². The summed E-state index contributed by atoms with van der Waals surface area (Å²) < 4.78 is 14.5. The van der Waals surface area contributed by atoms with Crippen LogP contribution in [0.3, 0.4) is 0 Å². The van der Waals surface area contributed by atoms with Gasteiger partial charge in [0.25, 0.3) is 0 Å². The maximum atomic E-state index is 13.7. The van der Waals surface area contributed by atoms with Gasteiger partial charge in [-0.3, -0.25) is 0 Å². The van der Waals surface area contributed by atoms with E-state index in [0.29, 0.717) is 18.1 Å². The minimum Gasteiger partial charge on any atom is -0.354 e. The molecule has 0 unspecified atom stereocenters.